The van der Waals surface area contributed by atoms with E-state index in [1.54, 1.807) is 18.2 Å². The molecule has 1 aliphatic heterocycles. The lowest BCUT2D eigenvalue weighted by Crippen LogP contribution is -2.25. The highest BCUT2D eigenvalue weighted by atomic mass is 35.5. The number of hydrogen-bond acceptors (Lipinski definition) is 3. The highest BCUT2D eigenvalue weighted by molar-refractivity contribution is 6.32. The van der Waals surface area contributed by atoms with Gasteiger partial charge in [0.05, 0.1) is 11.1 Å². The van der Waals surface area contributed by atoms with E-state index in [0.717, 1.165) is 25.7 Å². The van der Waals surface area contributed by atoms with E-state index >= 15 is 0 Å². The molecular formula is C13H15ClO3. The third kappa shape index (κ3) is 3.45. The summed E-state index contributed by atoms with van der Waals surface area (Å²) < 4.78 is 11.2. The van der Waals surface area contributed by atoms with E-state index in [1.807, 2.05) is 0 Å². The van der Waals surface area contributed by atoms with E-state index in [1.165, 1.54) is 6.42 Å². The van der Waals surface area contributed by atoms with Crippen molar-refractivity contribution in [3.63, 3.8) is 0 Å². The molecule has 1 unspecified atom stereocenters. The van der Waals surface area contributed by atoms with Gasteiger partial charge in [-0.1, -0.05) is 11.6 Å². The molecule has 2 rings (SSSR count). The Labute approximate surface area is 106 Å². The van der Waals surface area contributed by atoms with Crippen LogP contribution in [-0.4, -0.2) is 25.6 Å². The molecule has 1 aliphatic rings. The van der Waals surface area contributed by atoms with Gasteiger partial charge in [0.25, 0.3) is 0 Å². The summed E-state index contributed by atoms with van der Waals surface area (Å²) in [6.07, 6.45) is 4.27. The normalized spacial score (nSPS) is 19.9. The topological polar surface area (TPSA) is 35.5 Å². The maximum Gasteiger partial charge on any atom is 0.150 e. The Balaban J connectivity index is 1.91. The molecule has 1 saturated heterocycles. The Morgan fingerprint density at radius 3 is 3.00 bits per heavy atom. The van der Waals surface area contributed by atoms with Crippen LogP contribution in [0.4, 0.5) is 0 Å². The summed E-state index contributed by atoms with van der Waals surface area (Å²) in [5, 5.41) is 0.463. The first-order valence-corrected chi connectivity index (χ1v) is 6.16. The van der Waals surface area contributed by atoms with Crippen LogP contribution in [0.3, 0.4) is 0 Å². The number of ether oxygens (including phenoxy) is 2. The molecule has 0 bridgehead atoms. The second kappa shape index (κ2) is 6.03. The molecule has 17 heavy (non-hydrogen) atoms. The largest absolute Gasteiger partial charge is 0.489 e. The predicted molar refractivity (Wildman–Crippen MR) is 65.9 cm³/mol. The number of hydrogen-bond donors (Lipinski definition) is 0. The summed E-state index contributed by atoms with van der Waals surface area (Å²) in [5.74, 6) is 0.603. The van der Waals surface area contributed by atoms with Crippen molar-refractivity contribution in [1.82, 2.24) is 0 Å². The predicted octanol–water partition coefficient (Wildman–Crippen LogP) is 3.10. The molecule has 92 valence electrons. The molecular weight excluding hydrogens is 240 g/mol. The van der Waals surface area contributed by atoms with Crippen LogP contribution in [0, 0.1) is 0 Å². The fourth-order valence-corrected chi connectivity index (χ4v) is 2.07. The van der Waals surface area contributed by atoms with Gasteiger partial charge in [-0.15, -0.1) is 0 Å². The zero-order valence-corrected chi connectivity index (χ0v) is 10.3. The second-order valence-electron chi connectivity index (χ2n) is 4.11. The Morgan fingerprint density at radius 2 is 2.35 bits per heavy atom. The quantitative estimate of drug-likeness (QED) is 0.775. The monoisotopic (exact) mass is 254 g/mol. The highest BCUT2D eigenvalue weighted by Crippen LogP contribution is 2.25. The van der Waals surface area contributed by atoms with Crippen molar-refractivity contribution in [2.45, 2.75) is 25.4 Å². The number of aldehydes is 1. The zero-order chi connectivity index (χ0) is 12.1. The molecule has 1 fully saturated rings. The summed E-state index contributed by atoms with van der Waals surface area (Å²) in [5.41, 5.74) is 0.552. The van der Waals surface area contributed by atoms with Crippen molar-refractivity contribution in [2.24, 2.45) is 0 Å². The van der Waals surface area contributed by atoms with Gasteiger partial charge >= 0.3 is 0 Å². The van der Waals surface area contributed by atoms with Gasteiger partial charge in [0.2, 0.25) is 0 Å². The summed E-state index contributed by atoms with van der Waals surface area (Å²) in [7, 11) is 0. The van der Waals surface area contributed by atoms with Gasteiger partial charge in [0.15, 0.2) is 0 Å². The van der Waals surface area contributed by atoms with E-state index in [9.17, 15) is 4.79 Å². The van der Waals surface area contributed by atoms with Crippen LogP contribution in [0.15, 0.2) is 18.2 Å². The first kappa shape index (κ1) is 12.4. The average molecular weight is 255 g/mol. The minimum Gasteiger partial charge on any atom is -0.489 e. The van der Waals surface area contributed by atoms with Crippen LogP contribution in [-0.2, 0) is 4.74 Å². The maximum atomic E-state index is 10.6. The molecule has 0 saturated carbocycles. The minimum absolute atomic E-state index is 0.158. The number of carbonyl (C=O) groups is 1. The lowest BCUT2D eigenvalue weighted by molar-refractivity contribution is -0.0110. The van der Waals surface area contributed by atoms with Gasteiger partial charge in [-0.3, -0.25) is 4.79 Å². The number of rotatable bonds is 4. The van der Waals surface area contributed by atoms with E-state index < -0.39 is 0 Å². The Kier molecular flexibility index (Phi) is 4.40. The molecule has 1 atom stereocenters. The fraction of sp³-hybridized carbons (Fsp3) is 0.462. The van der Waals surface area contributed by atoms with E-state index in [-0.39, 0.29) is 6.10 Å². The van der Waals surface area contributed by atoms with Crippen molar-refractivity contribution in [3.8, 4) is 5.75 Å². The lowest BCUT2D eigenvalue weighted by Gasteiger charge is -2.22. The first-order chi connectivity index (χ1) is 8.29. The maximum absolute atomic E-state index is 10.6. The fourth-order valence-electron chi connectivity index (χ4n) is 1.83. The van der Waals surface area contributed by atoms with Gasteiger partial charge in [-0.2, -0.15) is 0 Å². The zero-order valence-electron chi connectivity index (χ0n) is 9.52. The summed E-state index contributed by atoms with van der Waals surface area (Å²) in [6, 6.07) is 5.01. The van der Waals surface area contributed by atoms with Crippen LogP contribution >= 0.6 is 11.6 Å². The SMILES string of the molecule is O=Cc1ccc(OCC2CCCCO2)c(Cl)c1. The number of carbonyl (C=O) groups excluding carboxylic acids is 1. The molecule has 0 amide bonds. The van der Waals surface area contributed by atoms with Crippen LogP contribution in [0.2, 0.25) is 5.02 Å². The second-order valence-corrected chi connectivity index (χ2v) is 4.51. The van der Waals surface area contributed by atoms with Gasteiger partial charge in [-0.05, 0) is 37.5 Å². The Bertz CT molecular complexity index is 386. The van der Waals surface area contributed by atoms with Gasteiger partial charge in [-0.25, -0.2) is 0 Å². The van der Waals surface area contributed by atoms with Crippen molar-refractivity contribution in [1.29, 1.82) is 0 Å². The van der Waals surface area contributed by atoms with Gasteiger partial charge < -0.3 is 9.47 Å². The Morgan fingerprint density at radius 1 is 1.47 bits per heavy atom. The molecule has 3 nitrogen and oxygen atoms in total. The molecule has 0 aliphatic carbocycles. The molecule has 0 spiro atoms. The molecule has 0 N–H and O–H groups in total. The summed E-state index contributed by atoms with van der Waals surface area (Å²) >= 11 is 6.00. The van der Waals surface area contributed by atoms with Gasteiger partial charge in [0.1, 0.15) is 18.6 Å². The van der Waals surface area contributed by atoms with Crippen LogP contribution in [0.1, 0.15) is 29.6 Å². The van der Waals surface area contributed by atoms with Crippen LogP contribution < -0.4 is 4.74 Å². The molecule has 0 aromatic heterocycles. The first-order valence-electron chi connectivity index (χ1n) is 5.79. The van der Waals surface area contributed by atoms with Crippen molar-refractivity contribution in [3.05, 3.63) is 28.8 Å². The molecule has 0 radical (unpaired) electrons. The third-order valence-electron chi connectivity index (χ3n) is 2.79. The van der Waals surface area contributed by atoms with Crippen molar-refractivity contribution < 1.29 is 14.3 Å². The molecule has 4 heteroatoms. The number of halogens is 1. The van der Waals surface area contributed by atoms with E-state index in [0.29, 0.717) is 22.9 Å². The Hall–Kier alpha value is -1.06. The van der Waals surface area contributed by atoms with E-state index in [2.05, 4.69) is 0 Å². The van der Waals surface area contributed by atoms with Crippen LogP contribution in [0.25, 0.3) is 0 Å². The van der Waals surface area contributed by atoms with Crippen molar-refractivity contribution in [2.75, 3.05) is 13.2 Å². The van der Waals surface area contributed by atoms with E-state index in [4.69, 9.17) is 21.1 Å². The summed E-state index contributed by atoms with van der Waals surface area (Å²) in [4.78, 5) is 10.6. The van der Waals surface area contributed by atoms with Crippen molar-refractivity contribution >= 4 is 17.9 Å². The standard InChI is InChI=1S/C13H15ClO3/c14-12-7-10(8-15)4-5-13(12)17-9-11-3-1-2-6-16-11/h4-5,7-8,11H,1-3,6,9H2. The summed E-state index contributed by atoms with van der Waals surface area (Å²) in [6.45, 7) is 1.33. The molecule has 1 aromatic rings. The third-order valence-corrected chi connectivity index (χ3v) is 3.09. The highest BCUT2D eigenvalue weighted by Gasteiger charge is 2.15. The smallest absolute Gasteiger partial charge is 0.150 e. The average Bonchev–Trinajstić information content (AvgIpc) is 2.38. The lowest BCUT2D eigenvalue weighted by atomic mass is 10.1. The minimum atomic E-state index is 0.158. The number of benzene rings is 1. The van der Waals surface area contributed by atoms with Crippen LogP contribution in [0.5, 0.6) is 5.75 Å². The molecule has 1 heterocycles. The van der Waals surface area contributed by atoms with Gasteiger partial charge in [0, 0.05) is 12.2 Å². The molecule has 1 aromatic carbocycles.